The zero-order chi connectivity index (χ0) is 13.9. The molecule has 0 unspecified atom stereocenters. The molecular weight excluding hydrogens is 254 g/mol. The van der Waals surface area contributed by atoms with E-state index in [2.05, 4.69) is 38.0 Å². The van der Waals surface area contributed by atoms with Crippen molar-refractivity contribution in [2.75, 3.05) is 18.6 Å². The molecule has 3 rings (SSSR count). The van der Waals surface area contributed by atoms with Crippen LogP contribution in [0.5, 0.6) is 0 Å². The molecule has 0 fully saturated rings. The average Bonchev–Trinajstić information content (AvgIpc) is 2.54. The van der Waals surface area contributed by atoms with Gasteiger partial charge in [0.25, 0.3) is 0 Å². The molecule has 0 N–H and O–H groups in total. The Kier molecular flexibility index (Phi) is 3.33. The third-order valence-corrected chi connectivity index (χ3v) is 3.50. The van der Waals surface area contributed by atoms with Crippen LogP contribution < -0.4 is 4.90 Å². The van der Waals surface area contributed by atoms with E-state index in [0.29, 0.717) is 0 Å². The molecule has 2 heterocycles. The Morgan fingerprint density at radius 3 is 2.65 bits per heavy atom. The molecule has 1 aromatic carbocycles. The van der Waals surface area contributed by atoms with Gasteiger partial charge in [-0.3, -0.25) is 0 Å². The summed E-state index contributed by atoms with van der Waals surface area (Å²) in [6.45, 7) is 1.73. The van der Waals surface area contributed by atoms with Gasteiger partial charge in [0.15, 0.2) is 11.5 Å². The van der Waals surface area contributed by atoms with Gasteiger partial charge >= 0.3 is 5.97 Å². The fourth-order valence-electron chi connectivity index (χ4n) is 2.40. The summed E-state index contributed by atoms with van der Waals surface area (Å²) in [6, 6.07) is 11.9. The lowest BCUT2D eigenvalue weighted by molar-refractivity contribution is 0.0592. The average molecular weight is 269 g/mol. The zero-order valence-electron chi connectivity index (χ0n) is 11.2. The number of carbonyl (C=O) groups is 1. The number of fused-ring (bicyclic) bond motifs is 1. The largest absolute Gasteiger partial charge is 0.464 e. The van der Waals surface area contributed by atoms with Gasteiger partial charge in [0, 0.05) is 13.1 Å². The number of ether oxygens (including phenoxy) is 1. The van der Waals surface area contributed by atoms with E-state index in [0.717, 1.165) is 25.3 Å². The van der Waals surface area contributed by atoms with Crippen LogP contribution in [0.4, 0.5) is 5.82 Å². The highest BCUT2D eigenvalue weighted by molar-refractivity contribution is 5.86. The van der Waals surface area contributed by atoms with Gasteiger partial charge in [-0.25, -0.2) is 4.79 Å². The molecule has 0 saturated carbocycles. The number of carbonyl (C=O) groups excluding carboxylic acids is 1. The SMILES string of the molecule is COC(=O)c1ccc(N2CCc3ccccc3C2)nn1. The van der Waals surface area contributed by atoms with E-state index in [1.807, 2.05) is 12.1 Å². The molecule has 0 atom stereocenters. The minimum atomic E-state index is -0.465. The minimum absolute atomic E-state index is 0.230. The van der Waals surface area contributed by atoms with Crippen LogP contribution in [-0.2, 0) is 17.7 Å². The van der Waals surface area contributed by atoms with E-state index in [1.54, 1.807) is 6.07 Å². The van der Waals surface area contributed by atoms with Crippen molar-refractivity contribution in [1.82, 2.24) is 10.2 Å². The summed E-state index contributed by atoms with van der Waals surface area (Å²) in [4.78, 5) is 13.5. The van der Waals surface area contributed by atoms with Crippen molar-refractivity contribution in [2.24, 2.45) is 0 Å². The van der Waals surface area contributed by atoms with Crippen LogP contribution in [0.25, 0.3) is 0 Å². The summed E-state index contributed by atoms with van der Waals surface area (Å²) in [5.41, 5.74) is 2.94. The molecule has 5 nitrogen and oxygen atoms in total. The number of rotatable bonds is 2. The maximum Gasteiger partial charge on any atom is 0.358 e. The molecule has 20 heavy (non-hydrogen) atoms. The first-order valence-corrected chi connectivity index (χ1v) is 6.51. The normalized spacial score (nSPS) is 13.8. The number of benzene rings is 1. The first kappa shape index (κ1) is 12.6. The number of hydrogen-bond donors (Lipinski definition) is 0. The summed E-state index contributed by atoms with van der Waals surface area (Å²) < 4.78 is 4.61. The van der Waals surface area contributed by atoms with Crippen LogP contribution in [0, 0.1) is 0 Å². The predicted molar refractivity (Wildman–Crippen MR) is 74.6 cm³/mol. The topological polar surface area (TPSA) is 55.3 Å². The predicted octanol–water partition coefficient (Wildman–Crippen LogP) is 1.83. The number of methoxy groups -OCH3 is 1. The standard InChI is InChI=1S/C15H15N3O2/c1-20-15(19)13-6-7-14(17-16-13)18-9-8-11-4-2-3-5-12(11)10-18/h2-7H,8-10H2,1H3. The van der Waals surface area contributed by atoms with Gasteiger partial charge in [-0.2, -0.15) is 0 Å². The molecular formula is C15H15N3O2. The van der Waals surface area contributed by atoms with E-state index >= 15 is 0 Å². The quantitative estimate of drug-likeness (QED) is 0.778. The number of anilines is 1. The summed E-state index contributed by atoms with van der Waals surface area (Å²) in [5, 5.41) is 8.03. The zero-order valence-corrected chi connectivity index (χ0v) is 11.2. The Balaban J connectivity index is 1.79. The highest BCUT2D eigenvalue weighted by Gasteiger charge is 2.18. The van der Waals surface area contributed by atoms with Crippen LogP contribution >= 0.6 is 0 Å². The lowest BCUT2D eigenvalue weighted by atomic mass is 10.00. The number of hydrogen-bond acceptors (Lipinski definition) is 5. The van der Waals surface area contributed by atoms with Crippen LogP contribution in [0.15, 0.2) is 36.4 Å². The fraction of sp³-hybridized carbons (Fsp3) is 0.267. The van der Waals surface area contributed by atoms with Crippen molar-refractivity contribution in [3.05, 3.63) is 53.2 Å². The molecule has 5 heteroatoms. The van der Waals surface area contributed by atoms with Crippen LogP contribution in [0.1, 0.15) is 21.6 Å². The number of esters is 1. The smallest absolute Gasteiger partial charge is 0.358 e. The summed E-state index contributed by atoms with van der Waals surface area (Å²) in [7, 11) is 1.33. The van der Waals surface area contributed by atoms with Gasteiger partial charge in [-0.05, 0) is 29.7 Å². The molecule has 0 aliphatic carbocycles. The third kappa shape index (κ3) is 2.34. The summed E-state index contributed by atoms with van der Waals surface area (Å²) >= 11 is 0. The van der Waals surface area contributed by atoms with Gasteiger partial charge in [-0.15, -0.1) is 10.2 Å². The summed E-state index contributed by atoms with van der Waals surface area (Å²) in [5.74, 6) is 0.320. The molecule has 1 aliphatic rings. The maximum atomic E-state index is 11.3. The van der Waals surface area contributed by atoms with Gasteiger partial charge in [-0.1, -0.05) is 24.3 Å². The van der Waals surface area contributed by atoms with E-state index in [9.17, 15) is 4.79 Å². The van der Waals surface area contributed by atoms with Crippen LogP contribution in [0.3, 0.4) is 0 Å². The highest BCUT2D eigenvalue weighted by atomic mass is 16.5. The Bertz CT molecular complexity index is 625. The van der Waals surface area contributed by atoms with Gasteiger partial charge < -0.3 is 9.64 Å². The molecule has 0 radical (unpaired) electrons. The Labute approximate surface area is 117 Å². The monoisotopic (exact) mass is 269 g/mol. The Morgan fingerprint density at radius 2 is 1.95 bits per heavy atom. The number of nitrogens with zero attached hydrogens (tertiary/aromatic N) is 3. The molecule has 1 aliphatic heterocycles. The molecule has 0 bridgehead atoms. The van der Waals surface area contributed by atoms with Crippen molar-refractivity contribution >= 4 is 11.8 Å². The highest BCUT2D eigenvalue weighted by Crippen LogP contribution is 2.22. The van der Waals surface area contributed by atoms with E-state index in [1.165, 1.54) is 18.2 Å². The second-order valence-corrected chi connectivity index (χ2v) is 4.71. The first-order chi connectivity index (χ1) is 9.78. The maximum absolute atomic E-state index is 11.3. The second-order valence-electron chi connectivity index (χ2n) is 4.71. The molecule has 0 spiro atoms. The van der Waals surface area contributed by atoms with Crippen molar-refractivity contribution < 1.29 is 9.53 Å². The molecule has 0 amide bonds. The lowest BCUT2D eigenvalue weighted by Crippen LogP contribution is -2.31. The summed E-state index contributed by atoms with van der Waals surface area (Å²) in [6.07, 6.45) is 0.997. The second kappa shape index (κ2) is 5.28. The molecule has 1 aromatic heterocycles. The first-order valence-electron chi connectivity index (χ1n) is 6.51. The Morgan fingerprint density at radius 1 is 1.15 bits per heavy atom. The van der Waals surface area contributed by atoms with Crippen LogP contribution in [0.2, 0.25) is 0 Å². The van der Waals surface area contributed by atoms with Crippen LogP contribution in [-0.4, -0.2) is 29.8 Å². The lowest BCUT2D eigenvalue weighted by Gasteiger charge is -2.29. The minimum Gasteiger partial charge on any atom is -0.464 e. The van der Waals surface area contributed by atoms with Gasteiger partial charge in [0.1, 0.15) is 0 Å². The van der Waals surface area contributed by atoms with Crippen molar-refractivity contribution in [1.29, 1.82) is 0 Å². The van der Waals surface area contributed by atoms with E-state index < -0.39 is 5.97 Å². The Hall–Kier alpha value is -2.43. The van der Waals surface area contributed by atoms with Crippen molar-refractivity contribution in [3.8, 4) is 0 Å². The van der Waals surface area contributed by atoms with E-state index in [4.69, 9.17) is 0 Å². The van der Waals surface area contributed by atoms with E-state index in [-0.39, 0.29) is 5.69 Å². The van der Waals surface area contributed by atoms with Gasteiger partial charge in [0.05, 0.1) is 7.11 Å². The third-order valence-electron chi connectivity index (χ3n) is 3.50. The van der Waals surface area contributed by atoms with Crippen molar-refractivity contribution in [3.63, 3.8) is 0 Å². The molecule has 102 valence electrons. The molecule has 0 saturated heterocycles. The van der Waals surface area contributed by atoms with Crippen molar-refractivity contribution in [2.45, 2.75) is 13.0 Å². The van der Waals surface area contributed by atoms with Gasteiger partial charge in [0.2, 0.25) is 0 Å². The number of aromatic nitrogens is 2. The fourth-order valence-corrected chi connectivity index (χ4v) is 2.40. The molecule has 2 aromatic rings.